The van der Waals surface area contributed by atoms with Gasteiger partial charge < -0.3 is 5.32 Å². The molecule has 2 heteroatoms. The Bertz CT molecular complexity index is 235. The Balaban J connectivity index is 2.80. The molecule has 3 atom stereocenters. The van der Waals surface area contributed by atoms with Gasteiger partial charge in [-0.25, -0.2) is 0 Å². The van der Waals surface area contributed by atoms with Crippen molar-refractivity contribution in [2.75, 3.05) is 14.1 Å². The van der Waals surface area contributed by atoms with Gasteiger partial charge in [0, 0.05) is 18.1 Å². The Morgan fingerprint density at radius 3 is 2.29 bits per heavy atom. The van der Waals surface area contributed by atoms with Gasteiger partial charge in [-0.05, 0) is 45.2 Å². The molecule has 0 bridgehead atoms. The molecule has 0 spiro atoms. The molecular formula is C15H32N2. The number of rotatable bonds is 4. The molecule has 1 saturated carbocycles. The molecule has 1 N–H and O–H groups in total. The second kappa shape index (κ2) is 5.71. The molecule has 0 aromatic rings. The Hall–Kier alpha value is -0.0800. The van der Waals surface area contributed by atoms with Gasteiger partial charge in [0.2, 0.25) is 0 Å². The van der Waals surface area contributed by atoms with Gasteiger partial charge >= 0.3 is 0 Å². The maximum absolute atomic E-state index is 3.58. The van der Waals surface area contributed by atoms with Crippen LogP contribution in [0.25, 0.3) is 0 Å². The molecule has 0 amide bonds. The molecule has 0 aromatic heterocycles. The summed E-state index contributed by atoms with van der Waals surface area (Å²) in [7, 11) is 4.43. The third-order valence-corrected chi connectivity index (χ3v) is 4.99. The predicted molar refractivity (Wildman–Crippen MR) is 76.3 cm³/mol. The van der Waals surface area contributed by atoms with Crippen molar-refractivity contribution < 1.29 is 0 Å². The highest BCUT2D eigenvalue weighted by Crippen LogP contribution is 2.38. The van der Waals surface area contributed by atoms with Crippen molar-refractivity contribution in [3.63, 3.8) is 0 Å². The fraction of sp³-hybridized carbons (Fsp3) is 1.00. The smallest absolute Gasteiger partial charge is 0.0271 e. The summed E-state index contributed by atoms with van der Waals surface area (Å²) >= 11 is 0. The lowest BCUT2D eigenvalue weighted by atomic mass is 9.70. The van der Waals surface area contributed by atoms with Crippen molar-refractivity contribution in [1.29, 1.82) is 0 Å². The molecule has 102 valence electrons. The van der Waals surface area contributed by atoms with Crippen LogP contribution in [-0.2, 0) is 0 Å². The molecule has 2 nitrogen and oxygen atoms in total. The van der Waals surface area contributed by atoms with Crippen LogP contribution >= 0.6 is 0 Å². The van der Waals surface area contributed by atoms with E-state index < -0.39 is 0 Å². The van der Waals surface area contributed by atoms with Crippen LogP contribution in [-0.4, -0.2) is 37.1 Å². The molecule has 0 aromatic carbocycles. The van der Waals surface area contributed by atoms with Crippen LogP contribution in [0, 0.1) is 11.3 Å². The molecule has 0 heterocycles. The lowest BCUT2D eigenvalue weighted by Gasteiger charge is -2.49. The topological polar surface area (TPSA) is 15.3 Å². The molecule has 0 radical (unpaired) electrons. The van der Waals surface area contributed by atoms with Gasteiger partial charge in [-0.15, -0.1) is 0 Å². The van der Waals surface area contributed by atoms with E-state index in [4.69, 9.17) is 0 Å². The molecule has 1 aliphatic rings. The number of hydrogen-bond acceptors (Lipinski definition) is 2. The minimum atomic E-state index is 0.419. The molecule has 0 saturated heterocycles. The van der Waals surface area contributed by atoms with Gasteiger partial charge in [-0.1, -0.05) is 34.1 Å². The Morgan fingerprint density at radius 2 is 1.82 bits per heavy atom. The van der Waals surface area contributed by atoms with Gasteiger partial charge in [-0.3, -0.25) is 4.90 Å². The van der Waals surface area contributed by atoms with E-state index in [2.05, 4.69) is 58.9 Å². The van der Waals surface area contributed by atoms with Crippen LogP contribution in [0.3, 0.4) is 0 Å². The molecule has 0 aliphatic heterocycles. The molecule has 3 unspecified atom stereocenters. The highest BCUT2D eigenvalue weighted by Gasteiger charge is 2.40. The molecule has 1 aliphatic carbocycles. The summed E-state index contributed by atoms with van der Waals surface area (Å²) in [5.74, 6) is 0.725. The fourth-order valence-electron chi connectivity index (χ4n) is 3.40. The lowest BCUT2D eigenvalue weighted by molar-refractivity contribution is 0.0361. The van der Waals surface area contributed by atoms with Gasteiger partial charge in [-0.2, -0.15) is 0 Å². The third kappa shape index (κ3) is 3.23. The maximum atomic E-state index is 3.58. The standard InChI is InChI=1S/C15H32N2/c1-11(2)12(3)17(7)13-9-8-10-15(4,5)14(13)16-6/h11-14,16H,8-10H2,1-7H3. The van der Waals surface area contributed by atoms with Crippen LogP contribution in [0.2, 0.25) is 0 Å². The number of hydrogen-bond donors (Lipinski definition) is 1. The van der Waals surface area contributed by atoms with Crippen molar-refractivity contribution in [2.45, 2.75) is 72.0 Å². The van der Waals surface area contributed by atoms with E-state index in [-0.39, 0.29) is 0 Å². The summed E-state index contributed by atoms with van der Waals surface area (Å²) in [6.45, 7) is 11.8. The van der Waals surface area contributed by atoms with Crippen molar-refractivity contribution in [3.05, 3.63) is 0 Å². The number of nitrogens with zero attached hydrogens (tertiary/aromatic N) is 1. The average molecular weight is 240 g/mol. The van der Waals surface area contributed by atoms with Crippen LogP contribution in [0.4, 0.5) is 0 Å². The molecular weight excluding hydrogens is 208 g/mol. The van der Waals surface area contributed by atoms with Crippen LogP contribution in [0.5, 0.6) is 0 Å². The normalized spacial score (nSPS) is 30.9. The number of nitrogens with one attached hydrogen (secondary N) is 1. The highest BCUT2D eigenvalue weighted by atomic mass is 15.2. The summed E-state index contributed by atoms with van der Waals surface area (Å²) in [6, 6.07) is 1.95. The van der Waals surface area contributed by atoms with Crippen molar-refractivity contribution in [3.8, 4) is 0 Å². The van der Waals surface area contributed by atoms with Crippen LogP contribution in [0.15, 0.2) is 0 Å². The van der Waals surface area contributed by atoms with Gasteiger partial charge in [0.15, 0.2) is 0 Å². The fourth-order valence-corrected chi connectivity index (χ4v) is 3.40. The lowest BCUT2D eigenvalue weighted by Crippen LogP contribution is -2.59. The molecule has 1 rings (SSSR count). The zero-order valence-corrected chi connectivity index (χ0v) is 12.9. The predicted octanol–water partition coefficient (Wildman–Crippen LogP) is 3.13. The van der Waals surface area contributed by atoms with E-state index in [0.717, 1.165) is 5.92 Å². The van der Waals surface area contributed by atoms with Gasteiger partial charge in [0.05, 0.1) is 0 Å². The third-order valence-electron chi connectivity index (χ3n) is 4.99. The largest absolute Gasteiger partial charge is 0.315 e. The molecule has 1 fully saturated rings. The quantitative estimate of drug-likeness (QED) is 0.812. The van der Waals surface area contributed by atoms with Crippen molar-refractivity contribution >= 4 is 0 Å². The number of likely N-dealkylation sites (N-methyl/N-ethyl adjacent to an activating group) is 2. The second-order valence-electron chi connectivity index (χ2n) is 6.86. The summed E-state index contributed by atoms with van der Waals surface area (Å²) in [6.07, 6.45) is 4.05. The van der Waals surface area contributed by atoms with E-state index in [0.29, 0.717) is 23.5 Å². The average Bonchev–Trinajstić information content (AvgIpc) is 2.25. The Morgan fingerprint density at radius 1 is 1.24 bits per heavy atom. The Kier molecular flexibility index (Phi) is 5.03. The second-order valence-corrected chi connectivity index (χ2v) is 6.86. The SMILES string of the molecule is CNC1C(N(C)C(C)C(C)C)CCCC1(C)C. The Labute approximate surface area is 108 Å². The summed E-state index contributed by atoms with van der Waals surface area (Å²) in [4.78, 5) is 2.60. The van der Waals surface area contributed by atoms with E-state index in [1.807, 2.05) is 0 Å². The first-order chi connectivity index (χ1) is 7.81. The zero-order chi connectivity index (χ0) is 13.2. The maximum Gasteiger partial charge on any atom is 0.0271 e. The van der Waals surface area contributed by atoms with Crippen LogP contribution < -0.4 is 5.32 Å². The van der Waals surface area contributed by atoms with Gasteiger partial charge in [0.25, 0.3) is 0 Å². The van der Waals surface area contributed by atoms with E-state index in [1.54, 1.807) is 0 Å². The minimum absolute atomic E-state index is 0.419. The van der Waals surface area contributed by atoms with Crippen LogP contribution in [0.1, 0.15) is 53.9 Å². The van der Waals surface area contributed by atoms with E-state index in [9.17, 15) is 0 Å². The highest BCUT2D eigenvalue weighted by molar-refractivity contribution is 4.98. The van der Waals surface area contributed by atoms with E-state index in [1.165, 1.54) is 19.3 Å². The zero-order valence-electron chi connectivity index (χ0n) is 12.9. The van der Waals surface area contributed by atoms with Gasteiger partial charge in [0.1, 0.15) is 0 Å². The minimum Gasteiger partial charge on any atom is -0.315 e. The van der Waals surface area contributed by atoms with Crippen molar-refractivity contribution in [1.82, 2.24) is 10.2 Å². The first-order valence-electron chi connectivity index (χ1n) is 7.20. The first kappa shape index (κ1) is 15.0. The summed E-state index contributed by atoms with van der Waals surface area (Å²) < 4.78 is 0. The summed E-state index contributed by atoms with van der Waals surface area (Å²) in [5.41, 5.74) is 0.419. The first-order valence-corrected chi connectivity index (χ1v) is 7.20. The monoisotopic (exact) mass is 240 g/mol. The van der Waals surface area contributed by atoms with E-state index >= 15 is 0 Å². The van der Waals surface area contributed by atoms with Crippen molar-refractivity contribution in [2.24, 2.45) is 11.3 Å². The summed E-state index contributed by atoms with van der Waals surface area (Å²) in [5, 5.41) is 3.58. The molecule has 17 heavy (non-hydrogen) atoms.